The number of hydrogen-bond donors (Lipinski definition) is 2. The number of phenolic OH excluding ortho intramolecular Hbond substituents is 1. The summed E-state index contributed by atoms with van der Waals surface area (Å²) in [7, 11) is 3.02. The summed E-state index contributed by atoms with van der Waals surface area (Å²) in [6.07, 6.45) is 0. The molecule has 100 valence electrons. The lowest BCUT2D eigenvalue weighted by Crippen LogP contribution is -1.99. The van der Waals surface area contributed by atoms with Gasteiger partial charge in [-0.1, -0.05) is 11.6 Å². The molecule has 0 aliphatic rings. The lowest BCUT2D eigenvalue weighted by Gasteiger charge is -2.09. The zero-order valence-electron chi connectivity index (χ0n) is 10.2. The van der Waals surface area contributed by atoms with Crippen molar-refractivity contribution in [1.82, 2.24) is 9.78 Å². The summed E-state index contributed by atoms with van der Waals surface area (Å²) in [4.78, 5) is 10.9. The second-order valence-electron chi connectivity index (χ2n) is 3.85. The van der Waals surface area contributed by atoms with Gasteiger partial charge in [-0.25, -0.2) is 4.79 Å². The van der Waals surface area contributed by atoms with Crippen molar-refractivity contribution in [1.29, 1.82) is 0 Å². The number of benzene rings is 1. The van der Waals surface area contributed by atoms with Gasteiger partial charge in [-0.05, 0) is 12.1 Å². The highest BCUT2D eigenvalue weighted by Crippen LogP contribution is 2.37. The molecule has 0 aliphatic carbocycles. The molecule has 1 aromatic heterocycles. The number of halogens is 1. The van der Waals surface area contributed by atoms with Gasteiger partial charge in [0.1, 0.15) is 0 Å². The summed E-state index contributed by atoms with van der Waals surface area (Å²) in [5.41, 5.74) is 0.958. The van der Waals surface area contributed by atoms with Crippen molar-refractivity contribution >= 4 is 17.6 Å². The topological polar surface area (TPSA) is 84.6 Å². The van der Waals surface area contributed by atoms with Crippen molar-refractivity contribution < 1.29 is 19.7 Å². The molecule has 2 N–H and O–H groups in total. The predicted octanol–water partition coefficient (Wildman–Crippen LogP) is 2.15. The van der Waals surface area contributed by atoms with E-state index in [1.54, 1.807) is 7.05 Å². The first kappa shape index (κ1) is 13.2. The van der Waals surface area contributed by atoms with E-state index in [1.807, 2.05) is 0 Å². The zero-order valence-corrected chi connectivity index (χ0v) is 11.0. The number of phenols is 1. The first-order valence-electron chi connectivity index (χ1n) is 5.28. The van der Waals surface area contributed by atoms with Crippen LogP contribution in [-0.2, 0) is 7.05 Å². The molecule has 0 amide bonds. The average Bonchev–Trinajstić information content (AvgIpc) is 2.72. The maximum absolute atomic E-state index is 10.9. The van der Waals surface area contributed by atoms with Gasteiger partial charge in [0.05, 0.1) is 17.8 Å². The maximum atomic E-state index is 10.9. The Morgan fingerprint density at radius 2 is 2.11 bits per heavy atom. The molecule has 0 radical (unpaired) electrons. The van der Waals surface area contributed by atoms with Crippen LogP contribution in [0.15, 0.2) is 18.2 Å². The van der Waals surface area contributed by atoms with Crippen molar-refractivity contribution in [2.24, 2.45) is 7.05 Å². The Kier molecular flexibility index (Phi) is 3.35. The van der Waals surface area contributed by atoms with Crippen LogP contribution in [0.5, 0.6) is 11.5 Å². The van der Waals surface area contributed by atoms with Gasteiger partial charge in [-0.3, -0.25) is 4.68 Å². The van der Waals surface area contributed by atoms with Crippen molar-refractivity contribution in [2.45, 2.75) is 0 Å². The van der Waals surface area contributed by atoms with Gasteiger partial charge in [0.25, 0.3) is 0 Å². The maximum Gasteiger partial charge on any atom is 0.356 e. The van der Waals surface area contributed by atoms with Crippen molar-refractivity contribution in [3.63, 3.8) is 0 Å². The highest BCUT2D eigenvalue weighted by Gasteiger charge is 2.17. The van der Waals surface area contributed by atoms with E-state index < -0.39 is 5.97 Å². The minimum absolute atomic E-state index is 0.0828. The molecule has 0 aliphatic heterocycles. The Bertz CT molecular complexity index is 651. The van der Waals surface area contributed by atoms with Gasteiger partial charge >= 0.3 is 5.97 Å². The summed E-state index contributed by atoms with van der Waals surface area (Å²) in [6, 6.07) is 4.27. The Hall–Kier alpha value is -2.21. The van der Waals surface area contributed by atoms with Crippen molar-refractivity contribution in [3.05, 3.63) is 28.9 Å². The van der Waals surface area contributed by atoms with Gasteiger partial charge in [0.2, 0.25) is 0 Å². The van der Waals surface area contributed by atoms with Crippen LogP contribution in [0.25, 0.3) is 11.3 Å². The third-order valence-corrected chi connectivity index (χ3v) is 2.96. The van der Waals surface area contributed by atoms with E-state index in [0.717, 1.165) is 0 Å². The molecule has 2 rings (SSSR count). The molecule has 1 aromatic carbocycles. The molecule has 0 atom stereocenters. The van der Waals surface area contributed by atoms with Crippen molar-refractivity contribution in [3.8, 4) is 22.8 Å². The summed E-state index contributed by atoms with van der Waals surface area (Å²) < 4.78 is 6.41. The standard InChI is InChI=1S/C12H11ClN2O4/c1-15-9(5-8(14-15)12(17)18)6-3-11(19-2)10(16)4-7(6)13/h3-5,16H,1-2H3,(H,17,18). The smallest absolute Gasteiger partial charge is 0.356 e. The first-order chi connectivity index (χ1) is 8.93. The molecule has 0 spiro atoms. The Morgan fingerprint density at radius 1 is 1.42 bits per heavy atom. The largest absolute Gasteiger partial charge is 0.504 e. The number of aromatic nitrogens is 2. The minimum atomic E-state index is -1.12. The third-order valence-electron chi connectivity index (χ3n) is 2.64. The summed E-state index contributed by atoms with van der Waals surface area (Å²) in [6.45, 7) is 0. The molecule has 6 nitrogen and oxygen atoms in total. The fourth-order valence-corrected chi connectivity index (χ4v) is 1.98. The molecule has 19 heavy (non-hydrogen) atoms. The number of carboxylic acids is 1. The van der Waals surface area contributed by atoms with E-state index in [2.05, 4.69) is 5.10 Å². The molecule has 2 aromatic rings. The second kappa shape index (κ2) is 4.81. The predicted molar refractivity (Wildman–Crippen MR) is 68.8 cm³/mol. The molecule has 0 fully saturated rings. The van der Waals surface area contributed by atoms with Crippen LogP contribution in [0.4, 0.5) is 0 Å². The Balaban J connectivity index is 2.61. The highest BCUT2D eigenvalue weighted by molar-refractivity contribution is 6.33. The lowest BCUT2D eigenvalue weighted by atomic mass is 10.1. The monoisotopic (exact) mass is 282 g/mol. The third kappa shape index (κ3) is 2.34. The van der Waals surface area contributed by atoms with E-state index in [9.17, 15) is 9.90 Å². The molecule has 0 bridgehead atoms. The van der Waals surface area contributed by atoms with E-state index in [1.165, 1.54) is 30.0 Å². The number of aromatic carboxylic acids is 1. The number of nitrogens with zero attached hydrogens (tertiary/aromatic N) is 2. The molecule has 0 saturated carbocycles. The minimum Gasteiger partial charge on any atom is -0.504 e. The van der Waals surface area contributed by atoms with Gasteiger partial charge in [-0.15, -0.1) is 0 Å². The molecule has 7 heteroatoms. The number of aryl methyl sites for hydroxylation is 1. The Labute approximate surface area is 113 Å². The number of carboxylic acid groups (broad SMARTS) is 1. The van der Waals surface area contributed by atoms with E-state index in [-0.39, 0.29) is 22.2 Å². The van der Waals surface area contributed by atoms with Crippen LogP contribution in [0.1, 0.15) is 10.5 Å². The van der Waals surface area contributed by atoms with E-state index in [4.69, 9.17) is 21.4 Å². The molecular weight excluding hydrogens is 272 g/mol. The normalized spacial score (nSPS) is 10.5. The van der Waals surface area contributed by atoms with Crippen molar-refractivity contribution in [2.75, 3.05) is 7.11 Å². The van der Waals surface area contributed by atoms with Gasteiger partial charge in [-0.2, -0.15) is 5.10 Å². The number of aromatic hydroxyl groups is 1. The van der Waals surface area contributed by atoms with Crippen LogP contribution in [-0.4, -0.2) is 33.1 Å². The first-order valence-corrected chi connectivity index (χ1v) is 5.66. The Morgan fingerprint density at radius 3 is 2.63 bits per heavy atom. The number of ether oxygens (including phenoxy) is 1. The molecular formula is C12H11ClN2O4. The number of hydrogen-bond acceptors (Lipinski definition) is 4. The van der Waals surface area contributed by atoms with Crippen LogP contribution >= 0.6 is 11.6 Å². The quantitative estimate of drug-likeness (QED) is 0.901. The van der Waals surface area contributed by atoms with Gasteiger partial charge in [0.15, 0.2) is 17.2 Å². The van der Waals surface area contributed by atoms with Crippen LogP contribution in [0.2, 0.25) is 5.02 Å². The van der Waals surface area contributed by atoms with Gasteiger partial charge < -0.3 is 14.9 Å². The lowest BCUT2D eigenvalue weighted by molar-refractivity contribution is 0.0689. The molecule has 1 heterocycles. The number of methoxy groups -OCH3 is 1. The number of carbonyl (C=O) groups is 1. The average molecular weight is 283 g/mol. The van der Waals surface area contributed by atoms with E-state index >= 15 is 0 Å². The summed E-state index contributed by atoms with van der Waals surface area (Å²) in [5.74, 6) is -0.960. The van der Waals surface area contributed by atoms with E-state index in [0.29, 0.717) is 11.3 Å². The van der Waals surface area contributed by atoms with Crippen LogP contribution in [0.3, 0.4) is 0 Å². The van der Waals surface area contributed by atoms with Gasteiger partial charge in [0, 0.05) is 18.7 Å². The zero-order chi connectivity index (χ0) is 14.2. The molecule has 0 unspecified atom stereocenters. The second-order valence-corrected chi connectivity index (χ2v) is 4.25. The highest BCUT2D eigenvalue weighted by atomic mass is 35.5. The molecule has 0 saturated heterocycles. The fraction of sp³-hybridized carbons (Fsp3) is 0.167. The summed E-state index contributed by atoms with van der Waals surface area (Å²) in [5, 5.41) is 22.6. The summed E-state index contributed by atoms with van der Waals surface area (Å²) >= 11 is 6.05. The SMILES string of the molecule is COc1cc(-c2cc(C(=O)O)nn2C)c(Cl)cc1O. The number of rotatable bonds is 3. The fourth-order valence-electron chi connectivity index (χ4n) is 1.73. The van der Waals surface area contributed by atoms with Crippen LogP contribution in [0, 0.1) is 0 Å². The van der Waals surface area contributed by atoms with Crippen LogP contribution < -0.4 is 4.74 Å².